The predicted molar refractivity (Wildman–Crippen MR) is 72.6 cm³/mol. The third-order valence-electron chi connectivity index (χ3n) is 2.88. The van der Waals surface area contributed by atoms with Gasteiger partial charge in [0.05, 0.1) is 34.8 Å². The van der Waals surface area contributed by atoms with Crippen LogP contribution in [0.2, 0.25) is 5.02 Å². The fourth-order valence-electron chi connectivity index (χ4n) is 2.03. The third-order valence-corrected chi connectivity index (χ3v) is 3.17. The van der Waals surface area contributed by atoms with Gasteiger partial charge in [0.15, 0.2) is 0 Å². The Kier molecular flexibility index (Phi) is 4.50. The van der Waals surface area contributed by atoms with Crippen LogP contribution >= 0.6 is 11.6 Å². The van der Waals surface area contributed by atoms with E-state index in [1.54, 1.807) is 12.3 Å². The van der Waals surface area contributed by atoms with Gasteiger partial charge in [0.25, 0.3) is 0 Å². The summed E-state index contributed by atoms with van der Waals surface area (Å²) in [5.74, 6) is -0.355. The van der Waals surface area contributed by atoms with E-state index in [4.69, 9.17) is 11.6 Å². The molecule has 4 nitrogen and oxygen atoms in total. The van der Waals surface area contributed by atoms with Gasteiger partial charge in [-0.15, -0.1) is 0 Å². The quantitative estimate of drug-likeness (QED) is 0.917. The van der Waals surface area contributed by atoms with Gasteiger partial charge in [0.2, 0.25) is 0 Å². The minimum atomic E-state index is -0.355. The average Bonchev–Trinajstić information content (AvgIpc) is 2.76. The van der Waals surface area contributed by atoms with Gasteiger partial charge in [-0.2, -0.15) is 5.10 Å². The van der Waals surface area contributed by atoms with Gasteiger partial charge in [0.1, 0.15) is 5.82 Å². The number of hydrogen-bond acceptors (Lipinski definition) is 3. The van der Waals surface area contributed by atoms with Crippen molar-refractivity contribution in [3.63, 3.8) is 0 Å². The van der Waals surface area contributed by atoms with Crippen LogP contribution < -0.4 is 5.32 Å². The number of rotatable bonds is 5. The minimum Gasteiger partial charge on any atom is -0.307 e. The van der Waals surface area contributed by atoms with Crippen molar-refractivity contribution in [2.75, 3.05) is 7.05 Å². The Hall–Kier alpha value is -1.46. The second kappa shape index (κ2) is 6.12. The first kappa shape index (κ1) is 14.0. The molecule has 2 heterocycles. The lowest BCUT2D eigenvalue weighted by molar-refractivity contribution is 0.527. The number of pyridine rings is 1. The summed E-state index contributed by atoms with van der Waals surface area (Å²) in [7, 11) is 1.81. The molecule has 0 fully saturated rings. The summed E-state index contributed by atoms with van der Waals surface area (Å²) in [6, 6.07) is 2.83. The molecule has 6 heteroatoms. The van der Waals surface area contributed by atoms with Crippen molar-refractivity contribution in [1.29, 1.82) is 0 Å². The molecule has 102 valence electrons. The predicted octanol–water partition coefficient (Wildman–Crippen LogP) is 2.79. The van der Waals surface area contributed by atoms with E-state index >= 15 is 0 Å². The lowest BCUT2D eigenvalue weighted by Crippen LogP contribution is -2.23. The summed E-state index contributed by atoms with van der Waals surface area (Å²) >= 11 is 6.21. The van der Waals surface area contributed by atoms with Crippen LogP contribution in [0.25, 0.3) is 0 Å². The Morgan fingerprint density at radius 3 is 2.79 bits per heavy atom. The number of nitrogens with one attached hydrogen (secondary N) is 1. The molecule has 0 aliphatic rings. The normalized spacial score (nSPS) is 12.6. The third kappa shape index (κ3) is 2.93. The van der Waals surface area contributed by atoms with Crippen LogP contribution in [0.5, 0.6) is 0 Å². The average molecular weight is 283 g/mol. The number of hydrogen-bond donors (Lipinski definition) is 1. The van der Waals surface area contributed by atoms with Crippen LogP contribution in [0.3, 0.4) is 0 Å². The second-order valence-electron chi connectivity index (χ2n) is 4.22. The maximum atomic E-state index is 12.9. The van der Waals surface area contributed by atoms with Gasteiger partial charge in [0, 0.05) is 6.54 Å². The molecule has 1 unspecified atom stereocenters. The molecule has 2 rings (SSSR count). The maximum absolute atomic E-state index is 12.9. The molecule has 0 radical (unpaired) electrons. The first-order valence-electron chi connectivity index (χ1n) is 6.17. The SMILES string of the molecule is CCCn1ncc(Cl)c1C(NC)c1ccc(F)cn1. The number of nitrogens with zero attached hydrogens (tertiary/aromatic N) is 3. The molecular weight excluding hydrogens is 267 g/mol. The van der Waals surface area contributed by atoms with Gasteiger partial charge in [-0.25, -0.2) is 4.39 Å². The molecule has 0 bridgehead atoms. The Morgan fingerprint density at radius 1 is 1.42 bits per heavy atom. The highest BCUT2D eigenvalue weighted by molar-refractivity contribution is 6.31. The molecule has 0 aliphatic carbocycles. The van der Waals surface area contributed by atoms with E-state index in [-0.39, 0.29) is 11.9 Å². The topological polar surface area (TPSA) is 42.7 Å². The molecule has 1 N–H and O–H groups in total. The highest BCUT2D eigenvalue weighted by Gasteiger charge is 2.21. The van der Waals surface area contributed by atoms with Crippen LogP contribution in [-0.4, -0.2) is 21.8 Å². The van der Waals surface area contributed by atoms with E-state index in [9.17, 15) is 4.39 Å². The number of aromatic nitrogens is 3. The molecule has 0 amide bonds. The lowest BCUT2D eigenvalue weighted by atomic mass is 10.1. The highest BCUT2D eigenvalue weighted by atomic mass is 35.5. The first-order valence-corrected chi connectivity index (χ1v) is 6.55. The summed E-state index contributed by atoms with van der Waals surface area (Å²) < 4.78 is 14.8. The summed E-state index contributed by atoms with van der Waals surface area (Å²) in [4.78, 5) is 4.11. The zero-order chi connectivity index (χ0) is 13.8. The van der Waals surface area contributed by atoms with E-state index in [1.165, 1.54) is 12.3 Å². The van der Waals surface area contributed by atoms with Crippen molar-refractivity contribution in [3.05, 3.63) is 46.8 Å². The van der Waals surface area contributed by atoms with Gasteiger partial charge < -0.3 is 5.32 Å². The van der Waals surface area contributed by atoms with Crippen molar-refractivity contribution in [2.24, 2.45) is 0 Å². The summed E-state index contributed by atoms with van der Waals surface area (Å²) in [5.41, 5.74) is 1.56. The van der Waals surface area contributed by atoms with Crippen molar-refractivity contribution in [3.8, 4) is 0 Å². The molecule has 0 aliphatic heterocycles. The van der Waals surface area contributed by atoms with Crippen molar-refractivity contribution in [2.45, 2.75) is 25.9 Å². The molecule has 1 atom stereocenters. The Morgan fingerprint density at radius 2 is 2.21 bits per heavy atom. The number of halogens is 2. The van der Waals surface area contributed by atoms with Gasteiger partial charge in [-0.3, -0.25) is 9.67 Å². The van der Waals surface area contributed by atoms with Gasteiger partial charge >= 0.3 is 0 Å². The largest absolute Gasteiger partial charge is 0.307 e. The smallest absolute Gasteiger partial charge is 0.141 e. The molecular formula is C13H16ClFN4. The van der Waals surface area contributed by atoms with Crippen LogP contribution in [0.1, 0.15) is 30.8 Å². The van der Waals surface area contributed by atoms with E-state index in [0.717, 1.165) is 18.7 Å². The molecule has 0 saturated carbocycles. The Bertz CT molecular complexity index is 538. The van der Waals surface area contributed by atoms with Crippen molar-refractivity contribution < 1.29 is 4.39 Å². The summed E-state index contributed by atoms with van der Waals surface area (Å²) in [6.07, 6.45) is 3.78. The maximum Gasteiger partial charge on any atom is 0.141 e. The highest BCUT2D eigenvalue weighted by Crippen LogP contribution is 2.27. The second-order valence-corrected chi connectivity index (χ2v) is 4.63. The zero-order valence-electron chi connectivity index (χ0n) is 10.9. The molecule has 0 aromatic carbocycles. The summed E-state index contributed by atoms with van der Waals surface area (Å²) in [6.45, 7) is 2.85. The van der Waals surface area contributed by atoms with E-state index < -0.39 is 0 Å². The van der Waals surface area contributed by atoms with E-state index in [1.807, 2.05) is 11.7 Å². The Labute approximate surface area is 116 Å². The number of aryl methyl sites for hydroxylation is 1. The van der Waals surface area contributed by atoms with E-state index in [0.29, 0.717) is 10.7 Å². The van der Waals surface area contributed by atoms with Crippen LogP contribution in [0, 0.1) is 5.82 Å². The molecule has 0 spiro atoms. The minimum absolute atomic E-state index is 0.206. The van der Waals surface area contributed by atoms with Crippen LogP contribution in [0.15, 0.2) is 24.5 Å². The van der Waals surface area contributed by atoms with Crippen molar-refractivity contribution >= 4 is 11.6 Å². The molecule has 2 aromatic rings. The fourth-order valence-corrected chi connectivity index (χ4v) is 2.28. The Balaban J connectivity index is 2.41. The standard InChI is InChI=1S/C13H16ClFN4/c1-3-6-19-13(10(14)8-18-19)12(16-2)11-5-4-9(15)7-17-11/h4-5,7-8,12,16H,3,6H2,1-2H3. The van der Waals surface area contributed by atoms with Crippen LogP contribution in [-0.2, 0) is 6.54 Å². The molecule has 19 heavy (non-hydrogen) atoms. The summed E-state index contributed by atoms with van der Waals surface area (Å²) in [5, 5.41) is 7.99. The monoisotopic (exact) mass is 282 g/mol. The molecule has 0 saturated heterocycles. The first-order chi connectivity index (χ1) is 9.17. The lowest BCUT2D eigenvalue weighted by Gasteiger charge is -2.18. The van der Waals surface area contributed by atoms with Crippen LogP contribution in [0.4, 0.5) is 4.39 Å². The fraction of sp³-hybridized carbons (Fsp3) is 0.385. The zero-order valence-corrected chi connectivity index (χ0v) is 11.7. The van der Waals surface area contributed by atoms with Gasteiger partial charge in [-0.1, -0.05) is 18.5 Å². The van der Waals surface area contributed by atoms with Gasteiger partial charge in [-0.05, 0) is 25.6 Å². The molecule has 2 aromatic heterocycles. The van der Waals surface area contributed by atoms with E-state index in [2.05, 4.69) is 22.3 Å². The van der Waals surface area contributed by atoms with Crippen molar-refractivity contribution in [1.82, 2.24) is 20.1 Å².